The summed E-state index contributed by atoms with van der Waals surface area (Å²) in [6.45, 7) is 4.67. The van der Waals surface area contributed by atoms with Crippen LogP contribution in [0, 0.1) is 0 Å². The van der Waals surface area contributed by atoms with Crippen LogP contribution in [0.25, 0.3) is 0 Å². The summed E-state index contributed by atoms with van der Waals surface area (Å²) in [5.41, 5.74) is -0.0664. The number of amides is 1. The Labute approximate surface area is 84.4 Å². The molecule has 2 aliphatic heterocycles. The van der Waals surface area contributed by atoms with Crippen molar-refractivity contribution < 1.29 is 9.53 Å². The van der Waals surface area contributed by atoms with Crippen LogP contribution in [-0.4, -0.2) is 37.2 Å². The van der Waals surface area contributed by atoms with Gasteiger partial charge in [0.05, 0.1) is 5.54 Å². The molecule has 2 N–H and O–H groups in total. The summed E-state index contributed by atoms with van der Waals surface area (Å²) in [6, 6.07) is 0. The van der Waals surface area contributed by atoms with Crippen LogP contribution in [0.1, 0.15) is 26.2 Å². The standard InChI is InChI=1S/C10H18N2O2/c1-10(4-5-11-7-10)12-9(13)8-3-2-6-14-8/h8,11H,2-7H2,1H3,(H,12,13). The molecule has 0 radical (unpaired) electrons. The van der Waals surface area contributed by atoms with E-state index < -0.39 is 0 Å². The number of hydrogen-bond acceptors (Lipinski definition) is 3. The molecular formula is C10H18N2O2. The van der Waals surface area contributed by atoms with Gasteiger partial charge in [0.2, 0.25) is 5.91 Å². The minimum Gasteiger partial charge on any atom is -0.368 e. The van der Waals surface area contributed by atoms with Crippen LogP contribution >= 0.6 is 0 Å². The lowest BCUT2D eigenvalue weighted by Gasteiger charge is -2.26. The number of carbonyl (C=O) groups excluding carboxylic acids is 1. The Hall–Kier alpha value is -0.610. The first-order chi connectivity index (χ1) is 6.70. The monoisotopic (exact) mass is 198 g/mol. The van der Waals surface area contributed by atoms with Crippen LogP contribution in [0.4, 0.5) is 0 Å². The van der Waals surface area contributed by atoms with E-state index in [1.807, 2.05) is 0 Å². The third kappa shape index (κ3) is 2.07. The molecule has 0 saturated carbocycles. The first-order valence-corrected chi connectivity index (χ1v) is 5.34. The fourth-order valence-electron chi connectivity index (χ4n) is 2.09. The maximum Gasteiger partial charge on any atom is 0.249 e. The zero-order valence-electron chi connectivity index (χ0n) is 8.64. The number of carbonyl (C=O) groups is 1. The molecule has 2 unspecified atom stereocenters. The van der Waals surface area contributed by atoms with E-state index in [0.29, 0.717) is 0 Å². The number of nitrogens with one attached hydrogen (secondary N) is 2. The summed E-state index contributed by atoms with van der Waals surface area (Å²) in [5.74, 6) is 0.0636. The van der Waals surface area contributed by atoms with Gasteiger partial charge in [-0.15, -0.1) is 0 Å². The van der Waals surface area contributed by atoms with Crippen molar-refractivity contribution in [1.82, 2.24) is 10.6 Å². The largest absolute Gasteiger partial charge is 0.368 e. The molecule has 14 heavy (non-hydrogen) atoms. The Kier molecular flexibility index (Phi) is 2.74. The zero-order chi connectivity index (χ0) is 10.0. The molecule has 0 aromatic carbocycles. The smallest absolute Gasteiger partial charge is 0.249 e. The maximum absolute atomic E-state index is 11.7. The first kappa shape index (κ1) is 9.93. The van der Waals surface area contributed by atoms with Crippen molar-refractivity contribution in [2.45, 2.75) is 37.8 Å². The van der Waals surface area contributed by atoms with E-state index in [1.165, 1.54) is 0 Å². The van der Waals surface area contributed by atoms with E-state index in [9.17, 15) is 4.79 Å². The van der Waals surface area contributed by atoms with Gasteiger partial charge in [0.1, 0.15) is 6.10 Å². The van der Waals surface area contributed by atoms with Crippen molar-refractivity contribution >= 4 is 5.91 Å². The zero-order valence-corrected chi connectivity index (χ0v) is 8.64. The van der Waals surface area contributed by atoms with Crippen molar-refractivity contribution in [3.8, 4) is 0 Å². The van der Waals surface area contributed by atoms with Gasteiger partial charge in [-0.05, 0) is 32.7 Å². The fourth-order valence-corrected chi connectivity index (χ4v) is 2.09. The topological polar surface area (TPSA) is 50.4 Å². The summed E-state index contributed by atoms with van der Waals surface area (Å²) in [4.78, 5) is 11.7. The number of ether oxygens (including phenoxy) is 1. The Morgan fingerprint density at radius 2 is 2.50 bits per heavy atom. The molecule has 2 heterocycles. The van der Waals surface area contributed by atoms with Crippen LogP contribution in [0.2, 0.25) is 0 Å². The molecule has 2 aliphatic rings. The van der Waals surface area contributed by atoms with Gasteiger partial charge >= 0.3 is 0 Å². The first-order valence-electron chi connectivity index (χ1n) is 5.34. The van der Waals surface area contributed by atoms with Crippen LogP contribution in [-0.2, 0) is 9.53 Å². The Morgan fingerprint density at radius 3 is 3.07 bits per heavy atom. The molecule has 4 nitrogen and oxygen atoms in total. The predicted molar refractivity (Wildman–Crippen MR) is 53.0 cm³/mol. The van der Waals surface area contributed by atoms with Crippen molar-refractivity contribution in [2.24, 2.45) is 0 Å². The highest BCUT2D eigenvalue weighted by Gasteiger charge is 2.33. The molecular weight excluding hydrogens is 180 g/mol. The van der Waals surface area contributed by atoms with Gasteiger partial charge in [-0.2, -0.15) is 0 Å². The molecule has 80 valence electrons. The van der Waals surface area contributed by atoms with Gasteiger partial charge in [0, 0.05) is 13.2 Å². The molecule has 0 bridgehead atoms. The second-order valence-electron chi connectivity index (χ2n) is 4.48. The second kappa shape index (κ2) is 3.87. The lowest BCUT2D eigenvalue weighted by molar-refractivity contribution is -0.131. The van der Waals surface area contributed by atoms with Crippen molar-refractivity contribution in [2.75, 3.05) is 19.7 Å². The van der Waals surface area contributed by atoms with E-state index >= 15 is 0 Å². The van der Waals surface area contributed by atoms with Crippen molar-refractivity contribution in [3.63, 3.8) is 0 Å². The minimum absolute atomic E-state index is 0.0636. The van der Waals surface area contributed by atoms with Crippen LogP contribution in [0.3, 0.4) is 0 Å². The maximum atomic E-state index is 11.7. The van der Waals surface area contributed by atoms with E-state index in [4.69, 9.17) is 4.74 Å². The highest BCUT2D eigenvalue weighted by molar-refractivity contribution is 5.81. The average Bonchev–Trinajstić information content (AvgIpc) is 2.74. The highest BCUT2D eigenvalue weighted by Crippen LogP contribution is 2.17. The van der Waals surface area contributed by atoms with Gasteiger partial charge in [-0.3, -0.25) is 4.79 Å². The Bertz CT molecular complexity index is 218. The van der Waals surface area contributed by atoms with E-state index in [0.717, 1.165) is 39.0 Å². The molecule has 2 fully saturated rings. The second-order valence-corrected chi connectivity index (χ2v) is 4.48. The molecule has 2 atom stereocenters. The van der Waals surface area contributed by atoms with Gasteiger partial charge in [0.15, 0.2) is 0 Å². The minimum atomic E-state index is -0.201. The third-order valence-electron chi connectivity index (χ3n) is 3.02. The summed E-state index contributed by atoms with van der Waals surface area (Å²) >= 11 is 0. The molecule has 0 aromatic rings. The molecule has 0 aromatic heterocycles. The summed E-state index contributed by atoms with van der Waals surface area (Å²) in [7, 11) is 0. The highest BCUT2D eigenvalue weighted by atomic mass is 16.5. The molecule has 2 saturated heterocycles. The summed E-state index contributed by atoms with van der Waals surface area (Å²) in [6.07, 6.45) is 2.68. The molecule has 4 heteroatoms. The van der Waals surface area contributed by atoms with Gasteiger partial charge < -0.3 is 15.4 Å². The van der Waals surface area contributed by atoms with Crippen LogP contribution in [0.5, 0.6) is 0 Å². The van der Waals surface area contributed by atoms with Crippen molar-refractivity contribution in [1.29, 1.82) is 0 Å². The predicted octanol–water partition coefficient (Wildman–Crippen LogP) is 0.0336. The fraction of sp³-hybridized carbons (Fsp3) is 0.900. The van der Waals surface area contributed by atoms with Crippen LogP contribution in [0.15, 0.2) is 0 Å². The van der Waals surface area contributed by atoms with E-state index in [2.05, 4.69) is 17.6 Å². The normalized spacial score (nSPS) is 37.4. The third-order valence-corrected chi connectivity index (χ3v) is 3.02. The quantitative estimate of drug-likeness (QED) is 0.658. The van der Waals surface area contributed by atoms with Gasteiger partial charge in [-0.25, -0.2) is 0 Å². The molecule has 2 rings (SSSR count). The van der Waals surface area contributed by atoms with E-state index in [1.54, 1.807) is 0 Å². The lowest BCUT2D eigenvalue weighted by Crippen LogP contribution is -2.50. The Morgan fingerprint density at radius 1 is 1.64 bits per heavy atom. The summed E-state index contributed by atoms with van der Waals surface area (Å²) in [5, 5.41) is 6.32. The Balaban J connectivity index is 1.86. The molecule has 0 aliphatic carbocycles. The SMILES string of the molecule is CC1(NC(=O)C2CCCO2)CCNC1. The van der Waals surface area contributed by atoms with Gasteiger partial charge in [0.25, 0.3) is 0 Å². The molecule has 1 amide bonds. The van der Waals surface area contributed by atoms with Gasteiger partial charge in [-0.1, -0.05) is 0 Å². The van der Waals surface area contributed by atoms with Crippen LogP contribution < -0.4 is 10.6 Å². The lowest BCUT2D eigenvalue weighted by atomic mass is 10.0. The number of hydrogen-bond donors (Lipinski definition) is 2. The number of rotatable bonds is 2. The molecule has 0 spiro atoms. The summed E-state index contributed by atoms with van der Waals surface area (Å²) < 4.78 is 5.34. The van der Waals surface area contributed by atoms with E-state index in [-0.39, 0.29) is 17.6 Å². The average molecular weight is 198 g/mol. The van der Waals surface area contributed by atoms with Crippen molar-refractivity contribution in [3.05, 3.63) is 0 Å².